The van der Waals surface area contributed by atoms with E-state index in [0.29, 0.717) is 5.56 Å². The molecule has 3 heteroatoms. The molecule has 2 nitrogen and oxygen atoms in total. The van der Waals surface area contributed by atoms with Crippen molar-refractivity contribution in [3.8, 4) is 5.75 Å². The van der Waals surface area contributed by atoms with Crippen molar-refractivity contribution in [3.63, 3.8) is 0 Å². The molecule has 1 atom stereocenters. The van der Waals surface area contributed by atoms with Gasteiger partial charge in [-0.05, 0) is 44.2 Å². The molecule has 0 bridgehead atoms. The van der Waals surface area contributed by atoms with Gasteiger partial charge in [0.2, 0.25) is 0 Å². The van der Waals surface area contributed by atoms with E-state index in [0.717, 1.165) is 22.4 Å². The average molecular weight is 273 g/mol. The molecular weight excluding hydrogens is 253 g/mol. The van der Waals surface area contributed by atoms with E-state index >= 15 is 0 Å². The second kappa shape index (κ2) is 6.06. The average Bonchev–Trinajstić information content (AvgIpc) is 2.42. The van der Waals surface area contributed by atoms with Crippen molar-refractivity contribution in [1.29, 1.82) is 0 Å². The fourth-order valence-electron chi connectivity index (χ4n) is 2.65. The molecule has 0 aliphatic rings. The third-order valence-electron chi connectivity index (χ3n) is 3.51. The molecule has 0 heterocycles. The van der Waals surface area contributed by atoms with E-state index in [2.05, 4.69) is 5.32 Å². The normalized spacial score (nSPS) is 12.2. The Hall–Kier alpha value is -1.87. The van der Waals surface area contributed by atoms with Crippen molar-refractivity contribution in [3.05, 3.63) is 64.5 Å². The highest BCUT2D eigenvalue weighted by atomic mass is 19.1. The van der Waals surface area contributed by atoms with Crippen molar-refractivity contribution in [2.45, 2.75) is 19.9 Å². The van der Waals surface area contributed by atoms with Crippen LogP contribution in [-0.4, -0.2) is 14.2 Å². The minimum absolute atomic E-state index is 0.187. The van der Waals surface area contributed by atoms with Crippen molar-refractivity contribution >= 4 is 0 Å². The number of methoxy groups -OCH3 is 1. The zero-order valence-electron chi connectivity index (χ0n) is 12.3. The molecule has 0 aliphatic carbocycles. The quantitative estimate of drug-likeness (QED) is 0.915. The van der Waals surface area contributed by atoms with Crippen LogP contribution < -0.4 is 10.1 Å². The van der Waals surface area contributed by atoms with Crippen LogP contribution in [0.15, 0.2) is 36.4 Å². The molecular formula is C17H20FNO. The molecule has 1 unspecified atom stereocenters. The van der Waals surface area contributed by atoms with Gasteiger partial charge in [0.25, 0.3) is 0 Å². The van der Waals surface area contributed by atoms with Crippen LogP contribution in [0.3, 0.4) is 0 Å². The van der Waals surface area contributed by atoms with Gasteiger partial charge in [0, 0.05) is 11.1 Å². The van der Waals surface area contributed by atoms with Gasteiger partial charge in [0.15, 0.2) is 0 Å². The molecule has 0 saturated heterocycles. The summed E-state index contributed by atoms with van der Waals surface area (Å²) in [4.78, 5) is 0. The molecule has 0 fully saturated rings. The van der Waals surface area contributed by atoms with E-state index < -0.39 is 0 Å². The van der Waals surface area contributed by atoms with Gasteiger partial charge >= 0.3 is 0 Å². The molecule has 0 aromatic heterocycles. The maximum atomic E-state index is 14.4. The van der Waals surface area contributed by atoms with Crippen molar-refractivity contribution in [1.82, 2.24) is 5.32 Å². The number of ether oxygens (including phenoxy) is 1. The van der Waals surface area contributed by atoms with Gasteiger partial charge in [-0.15, -0.1) is 0 Å². The number of rotatable bonds is 4. The fraction of sp³-hybridized carbons (Fsp3) is 0.294. The van der Waals surface area contributed by atoms with Gasteiger partial charge in [-0.1, -0.05) is 24.3 Å². The molecule has 0 amide bonds. The number of para-hydroxylation sites is 1. The first kappa shape index (κ1) is 14.5. The highest BCUT2D eigenvalue weighted by Crippen LogP contribution is 2.33. The minimum Gasteiger partial charge on any atom is -0.496 e. The number of hydrogen-bond acceptors (Lipinski definition) is 2. The molecule has 0 aliphatic heterocycles. The van der Waals surface area contributed by atoms with Crippen LogP contribution in [0, 0.1) is 19.7 Å². The van der Waals surface area contributed by atoms with Gasteiger partial charge in [0.05, 0.1) is 13.2 Å². The summed E-state index contributed by atoms with van der Waals surface area (Å²) >= 11 is 0. The van der Waals surface area contributed by atoms with Crippen LogP contribution in [0.4, 0.5) is 4.39 Å². The number of benzene rings is 2. The number of halogens is 1. The van der Waals surface area contributed by atoms with E-state index in [1.807, 2.05) is 51.2 Å². The highest BCUT2D eigenvalue weighted by molar-refractivity contribution is 5.45. The van der Waals surface area contributed by atoms with Crippen LogP contribution in [0.1, 0.15) is 28.3 Å². The predicted octanol–water partition coefficient (Wildman–Crippen LogP) is 3.76. The van der Waals surface area contributed by atoms with Gasteiger partial charge in [0.1, 0.15) is 11.6 Å². The zero-order valence-corrected chi connectivity index (χ0v) is 12.3. The summed E-state index contributed by atoms with van der Waals surface area (Å²) < 4.78 is 19.8. The van der Waals surface area contributed by atoms with Crippen molar-refractivity contribution in [2.75, 3.05) is 14.2 Å². The predicted molar refractivity (Wildman–Crippen MR) is 79.8 cm³/mol. The third kappa shape index (κ3) is 2.68. The summed E-state index contributed by atoms with van der Waals surface area (Å²) in [5.74, 6) is 0.569. The lowest BCUT2D eigenvalue weighted by molar-refractivity contribution is 0.404. The molecule has 0 radical (unpaired) electrons. The van der Waals surface area contributed by atoms with E-state index in [-0.39, 0.29) is 11.9 Å². The Kier molecular flexibility index (Phi) is 4.40. The van der Waals surface area contributed by atoms with Gasteiger partial charge in [-0.3, -0.25) is 0 Å². The van der Waals surface area contributed by atoms with Crippen LogP contribution in [0.25, 0.3) is 0 Å². The molecule has 2 aromatic carbocycles. The Balaban J connectivity index is 2.59. The molecule has 0 saturated carbocycles. The lowest BCUT2D eigenvalue weighted by Crippen LogP contribution is -2.21. The van der Waals surface area contributed by atoms with Gasteiger partial charge in [-0.25, -0.2) is 4.39 Å². The van der Waals surface area contributed by atoms with E-state index in [9.17, 15) is 4.39 Å². The fourth-order valence-corrected chi connectivity index (χ4v) is 2.65. The summed E-state index contributed by atoms with van der Waals surface area (Å²) in [7, 11) is 3.46. The SMILES string of the molecule is CNC(c1ccccc1OC)c1c(C)cc(C)cc1F. The minimum atomic E-state index is -0.230. The zero-order chi connectivity index (χ0) is 14.7. The second-order valence-electron chi connectivity index (χ2n) is 4.94. The van der Waals surface area contributed by atoms with Crippen molar-refractivity contribution < 1.29 is 9.13 Å². The van der Waals surface area contributed by atoms with Crippen LogP contribution >= 0.6 is 0 Å². The topological polar surface area (TPSA) is 21.3 Å². The van der Waals surface area contributed by atoms with Crippen LogP contribution in [-0.2, 0) is 0 Å². The maximum absolute atomic E-state index is 14.4. The molecule has 2 aromatic rings. The molecule has 20 heavy (non-hydrogen) atoms. The van der Waals surface area contributed by atoms with Gasteiger partial charge in [-0.2, -0.15) is 0 Å². The van der Waals surface area contributed by atoms with Gasteiger partial charge < -0.3 is 10.1 Å². The lowest BCUT2D eigenvalue weighted by atomic mass is 9.93. The first-order valence-corrected chi connectivity index (χ1v) is 6.65. The van der Waals surface area contributed by atoms with E-state index in [1.54, 1.807) is 13.2 Å². The Bertz CT molecular complexity index is 587. The second-order valence-corrected chi connectivity index (χ2v) is 4.94. The molecule has 2 rings (SSSR count). The Morgan fingerprint density at radius 2 is 1.85 bits per heavy atom. The summed E-state index contributed by atoms with van der Waals surface area (Å²) in [6.45, 7) is 3.84. The Labute approximate surface area is 119 Å². The van der Waals surface area contributed by atoms with E-state index in [4.69, 9.17) is 4.74 Å². The molecule has 106 valence electrons. The summed E-state index contributed by atoms with van der Waals surface area (Å²) in [6.07, 6.45) is 0. The number of nitrogens with one attached hydrogen (secondary N) is 1. The summed E-state index contributed by atoms with van der Waals surface area (Å²) in [5.41, 5.74) is 3.47. The lowest BCUT2D eigenvalue weighted by Gasteiger charge is -2.22. The largest absolute Gasteiger partial charge is 0.496 e. The Morgan fingerprint density at radius 1 is 1.15 bits per heavy atom. The third-order valence-corrected chi connectivity index (χ3v) is 3.51. The maximum Gasteiger partial charge on any atom is 0.128 e. The standard InChI is InChI=1S/C17H20FNO/c1-11-9-12(2)16(14(18)10-11)17(19-3)13-7-5-6-8-15(13)20-4/h5-10,17,19H,1-4H3. The molecule has 1 N–H and O–H groups in total. The summed E-state index contributed by atoms with van der Waals surface area (Å²) in [6, 6.07) is 11.0. The highest BCUT2D eigenvalue weighted by Gasteiger charge is 2.21. The first-order chi connectivity index (χ1) is 9.58. The number of aryl methyl sites for hydroxylation is 2. The van der Waals surface area contributed by atoms with Crippen LogP contribution in [0.2, 0.25) is 0 Å². The first-order valence-electron chi connectivity index (χ1n) is 6.65. The van der Waals surface area contributed by atoms with Crippen LogP contribution in [0.5, 0.6) is 5.75 Å². The number of hydrogen-bond donors (Lipinski definition) is 1. The smallest absolute Gasteiger partial charge is 0.128 e. The van der Waals surface area contributed by atoms with E-state index in [1.165, 1.54) is 0 Å². The Morgan fingerprint density at radius 3 is 2.45 bits per heavy atom. The molecule has 0 spiro atoms. The van der Waals surface area contributed by atoms with Crippen molar-refractivity contribution in [2.24, 2.45) is 0 Å². The summed E-state index contributed by atoms with van der Waals surface area (Å²) in [5, 5.41) is 3.19. The monoisotopic (exact) mass is 273 g/mol.